The van der Waals surface area contributed by atoms with Gasteiger partial charge in [0.1, 0.15) is 0 Å². The fraction of sp³-hybridized carbons (Fsp3) is 0.857. The average molecular weight is 175 g/mol. The molecule has 3 nitrogen and oxygen atoms in total. The molecule has 1 atom stereocenters. The van der Waals surface area contributed by atoms with E-state index in [1.165, 1.54) is 6.92 Å². The van der Waals surface area contributed by atoms with Crippen molar-refractivity contribution in [1.82, 2.24) is 4.90 Å². The Balaban J connectivity index is 4.25. The van der Waals surface area contributed by atoms with Crippen LogP contribution in [0.25, 0.3) is 0 Å². The first-order chi connectivity index (χ1) is 4.76. The number of hydrogen-bond acceptors (Lipinski definition) is 2. The zero-order valence-corrected chi connectivity index (χ0v) is 8.88. The first-order valence-electron chi connectivity index (χ1n) is 3.72. The minimum atomic E-state index is -2.18. The molecule has 0 bridgehead atoms. The van der Waals surface area contributed by atoms with Gasteiger partial charge in [0, 0.05) is 19.6 Å². The summed E-state index contributed by atoms with van der Waals surface area (Å²) in [6.45, 7) is 7.05. The van der Waals surface area contributed by atoms with Gasteiger partial charge >= 0.3 is 0 Å². The van der Waals surface area contributed by atoms with E-state index in [0.29, 0.717) is 0 Å². The molecule has 0 heterocycles. The van der Waals surface area contributed by atoms with Crippen molar-refractivity contribution >= 4 is 14.2 Å². The van der Waals surface area contributed by atoms with E-state index in [0.717, 1.165) is 0 Å². The monoisotopic (exact) mass is 175 g/mol. The van der Waals surface area contributed by atoms with Crippen LogP contribution in [0, 0.1) is 0 Å². The van der Waals surface area contributed by atoms with Crippen molar-refractivity contribution in [2.24, 2.45) is 0 Å². The molecule has 0 aromatic carbocycles. The summed E-state index contributed by atoms with van der Waals surface area (Å²) < 4.78 is 0. The van der Waals surface area contributed by atoms with Crippen molar-refractivity contribution in [1.29, 1.82) is 0 Å². The Morgan fingerprint density at radius 3 is 2.00 bits per heavy atom. The molecule has 0 aliphatic rings. The summed E-state index contributed by atoms with van der Waals surface area (Å²) in [6, 6.07) is 0. The molecule has 0 radical (unpaired) electrons. The molecule has 1 N–H and O–H groups in total. The SMILES string of the molecule is CC(=O)N(C)C(C)[Si](C)(C)O. The second kappa shape index (κ2) is 3.36. The quantitative estimate of drug-likeness (QED) is 0.624. The molecule has 0 aromatic rings. The van der Waals surface area contributed by atoms with E-state index in [1.54, 1.807) is 11.9 Å². The fourth-order valence-electron chi connectivity index (χ4n) is 0.747. The van der Waals surface area contributed by atoms with Crippen molar-refractivity contribution in [3.8, 4) is 0 Å². The largest absolute Gasteiger partial charge is 0.430 e. The second-order valence-corrected chi connectivity index (χ2v) is 7.60. The van der Waals surface area contributed by atoms with Gasteiger partial charge in [-0.25, -0.2) is 0 Å². The fourth-order valence-corrected chi connectivity index (χ4v) is 1.88. The minimum absolute atomic E-state index is 0.00660. The van der Waals surface area contributed by atoms with Crippen LogP contribution in [-0.4, -0.2) is 36.6 Å². The summed E-state index contributed by atoms with van der Waals surface area (Å²) >= 11 is 0. The lowest BCUT2D eigenvalue weighted by atomic mass is 10.5. The smallest absolute Gasteiger partial charge is 0.219 e. The Hall–Kier alpha value is -0.353. The maximum absolute atomic E-state index is 10.9. The minimum Gasteiger partial charge on any atom is -0.430 e. The van der Waals surface area contributed by atoms with Crippen LogP contribution in [0.5, 0.6) is 0 Å². The van der Waals surface area contributed by atoms with E-state index in [1.807, 2.05) is 20.0 Å². The van der Waals surface area contributed by atoms with Gasteiger partial charge in [-0.1, -0.05) is 0 Å². The first kappa shape index (κ1) is 10.6. The lowest BCUT2D eigenvalue weighted by Gasteiger charge is -2.31. The average Bonchev–Trinajstić information content (AvgIpc) is 1.82. The summed E-state index contributed by atoms with van der Waals surface area (Å²) in [5, 5.41) is 0. The van der Waals surface area contributed by atoms with Gasteiger partial charge in [0.05, 0.1) is 0 Å². The molecule has 0 aliphatic heterocycles. The van der Waals surface area contributed by atoms with E-state index >= 15 is 0 Å². The second-order valence-electron chi connectivity index (χ2n) is 3.46. The van der Waals surface area contributed by atoms with E-state index in [9.17, 15) is 9.59 Å². The summed E-state index contributed by atoms with van der Waals surface area (Å²) in [5.74, 6) is 0.00660. The first-order valence-corrected chi connectivity index (χ1v) is 6.75. The maximum atomic E-state index is 10.9. The van der Waals surface area contributed by atoms with E-state index < -0.39 is 8.32 Å². The molecule has 11 heavy (non-hydrogen) atoms. The van der Waals surface area contributed by atoms with Gasteiger partial charge in [0.2, 0.25) is 14.2 Å². The van der Waals surface area contributed by atoms with Crippen LogP contribution >= 0.6 is 0 Å². The van der Waals surface area contributed by atoms with Crippen molar-refractivity contribution in [2.75, 3.05) is 7.05 Å². The van der Waals surface area contributed by atoms with Crippen molar-refractivity contribution in [3.05, 3.63) is 0 Å². The van der Waals surface area contributed by atoms with E-state index in [4.69, 9.17) is 0 Å². The molecule has 4 heteroatoms. The number of carbonyl (C=O) groups excluding carboxylic acids is 1. The third kappa shape index (κ3) is 3.03. The number of rotatable bonds is 2. The summed E-state index contributed by atoms with van der Waals surface area (Å²) in [4.78, 5) is 22.1. The van der Waals surface area contributed by atoms with Crippen LogP contribution < -0.4 is 0 Å². The molecule has 0 aromatic heterocycles. The predicted molar refractivity (Wildman–Crippen MR) is 47.6 cm³/mol. The highest BCUT2D eigenvalue weighted by Crippen LogP contribution is 2.09. The number of nitrogens with zero attached hydrogens (tertiary/aromatic N) is 1. The Morgan fingerprint density at radius 2 is 1.91 bits per heavy atom. The normalized spacial score (nSPS) is 14.4. The van der Waals surface area contributed by atoms with E-state index in [-0.39, 0.29) is 11.6 Å². The number of hydrogen-bond donors (Lipinski definition) is 1. The van der Waals surface area contributed by atoms with Crippen molar-refractivity contribution < 1.29 is 9.59 Å². The van der Waals surface area contributed by atoms with Crippen LogP contribution in [-0.2, 0) is 4.79 Å². The highest BCUT2D eigenvalue weighted by Gasteiger charge is 2.30. The highest BCUT2D eigenvalue weighted by atomic mass is 28.4. The van der Waals surface area contributed by atoms with Crippen LogP contribution in [0.2, 0.25) is 13.1 Å². The molecule has 0 rings (SSSR count). The van der Waals surface area contributed by atoms with Crippen LogP contribution in [0.4, 0.5) is 0 Å². The third-order valence-corrected chi connectivity index (χ3v) is 4.53. The van der Waals surface area contributed by atoms with Gasteiger partial charge in [0.25, 0.3) is 0 Å². The summed E-state index contributed by atoms with van der Waals surface area (Å²) in [5.41, 5.74) is -0.0139. The van der Waals surface area contributed by atoms with Gasteiger partial charge < -0.3 is 9.70 Å². The summed E-state index contributed by atoms with van der Waals surface area (Å²) in [7, 11) is -0.461. The molecule has 0 fully saturated rings. The lowest BCUT2D eigenvalue weighted by Crippen LogP contribution is -2.51. The van der Waals surface area contributed by atoms with Crippen LogP contribution in [0.15, 0.2) is 0 Å². The standard InChI is InChI=1S/C7H17NO2Si/c1-6(9)8(3)7(2)11(4,5)10/h7,10H,1-5H3. The van der Waals surface area contributed by atoms with Gasteiger partial charge in [-0.15, -0.1) is 0 Å². The molecule has 0 aliphatic carbocycles. The summed E-state index contributed by atoms with van der Waals surface area (Å²) in [6.07, 6.45) is 0. The van der Waals surface area contributed by atoms with E-state index in [2.05, 4.69) is 0 Å². The Morgan fingerprint density at radius 1 is 1.55 bits per heavy atom. The van der Waals surface area contributed by atoms with Gasteiger partial charge in [0.15, 0.2) is 0 Å². The van der Waals surface area contributed by atoms with Gasteiger partial charge in [-0.2, -0.15) is 0 Å². The zero-order valence-electron chi connectivity index (χ0n) is 7.88. The Labute approximate surface area is 69.1 Å². The van der Waals surface area contributed by atoms with Crippen LogP contribution in [0.3, 0.4) is 0 Å². The molecule has 66 valence electrons. The molecule has 0 spiro atoms. The van der Waals surface area contributed by atoms with Crippen molar-refractivity contribution in [2.45, 2.75) is 32.6 Å². The zero-order chi connectivity index (χ0) is 9.23. The van der Waals surface area contributed by atoms with Crippen molar-refractivity contribution in [3.63, 3.8) is 0 Å². The molecule has 1 amide bonds. The number of carbonyl (C=O) groups is 1. The van der Waals surface area contributed by atoms with Gasteiger partial charge in [-0.05, 0) is 20.0 Å². The highest BCUT2D eigenvalue weighted by molar-refractivity contribution is 6.71. The molecule has 0 saturated heterocycles. The van der Waals surface area contributed by atoms with Gasteiger partial charge in [-0.3, -0.25) is 4.79 Å². The Bertz CT molecular complexity index is 153. The van der Waals surface area contributed by atoms with Crippen LogP contribution in [0.1, 0.15) is 13.8 Å². The number of amides is 1. The Kier molecular flexibility index (Phi) is 3.25. The lowest BCUT2D eigenvalue weighted by molar-refractivity contribution is -0.128. The molecule has 0 saturated carbocycles. The molecular formula is C7H17NO2Si. The third-order valence-electron chi connectivity index (χ3n) is 2.10. The molecule has 1 unspecified atom stereocenters. The predicted octanol–water partition coefficient (Wildman–Crippen LogP) is 0.590. The molecular weight excluding hydrogens is 158 g/mol. The topological polar surface area (TPSA) is 40.5 Å². The maximum Gasteiger partial charge on any atom is 0.219 e.